The van der Waals surface area contributed by atoms with Gasteiger partial charge in [0.1, 0.15) is 24.2 Å². The van der Waals surface area contributed by atoms with E-state index in [1.807, 2.05) is 18.4 Å². The molecule has 0 saturated heterocycles. The van der Waals surface area contributed by atoms with Crippen LogP contribution in [0.15, 0.2) is 43.0 Å². The number of rotatable bonds is 6. The number of imidazole rings is 1. The molecule has 1 aliphatic carbocycles. The first kappa shape index (κ1) is 17.5. The van der Waals surface area contributed by atoms with Crippen molar-refractivity contribution in [3.8, 4) is 17.4 Å². The van der Waals surface area contributed by atoms with E-state index in [0.717, 1.165) is 24.2 Å². The number of hydrogen-bond acceptors (Lipinski definition) is 6. The average molecular weight is 385 g/mol. The normalized spacial score (nSPS) is 14.1. The molecule has 1 aliphatic rings. The molecule has 140 valence electrons. The van der Waals surface area contributed by atoms with Crippen molar-refractivity contribution in [2.24, 2.45) is 0 Å². The van der Waals surface area contributed by atoms with Crippen LogP contribution in [0.3, 0.4) is 0 Å². The molecular formula is C18H19N5O3S. The molecule has 0 aliphatic heterocycles. The van der Waals surface area contributed by atoms with Crippen LogP contribution in [-0.2, 0) is 10.0 Å². The summed E-state index contributed by atoms with van der Waals surface area (Å²) in [4.78, 5) is 12.7. The van der Waals surface area contributed by atoms with E-state index in [9.17, 15) is 8.42 Å². The van der Waals surface area contributed by atoms with Crippen molar-refractivity contribution in [1.29, 1.82) is 0 Å². The van der Waals surface area contributed by atoms with Gasteiger partial charge < -0.3 is 4.74 Å². The van der Waals surface area contributed by atoms with E-state index in [1.54, 1.807) is 36.7 Å². The fourth-order valence-corrected chi connectivity index (χ4v) is 3.97. The highest BCUT2D eigenvalue weighted by molar-refractivity contribution is 7.93. The zero-order chi connectivity index (χ0) is 19.0. The molecule has 2 heterocycles. The molecule has 0 atom stereocenters. The molecule has 1 aromatic carbocycles. The van der Waals surface area contributed by atoms with Crippen LogP contribution in [0, 0.1) is 13.8 Å². The van der Waals surface area contributed by atoms with Gasteiger partial charge in [-0.15, -0.1) is 0 Å². The highest BCUT2D eigenvalue weighted by Gasteiger charge is 2.35. The van der Waals surface area contributed by atoms with Gasteiger partial charge >= 0.3 is 0 Å². The van der Waals surface area contributed by atoms with Crippen molar-refractivity contribution in [3.63, 3.8) is 0 Å². The zero-order valence-electron chi connectivity index (χ0n) is 15.0. The van der Waals surface area contributed by atoms with Crippen LogP contribution in [0.5, 0.6) is 11.6 Å². The number of benzene rings is 1. The Morgan fingerprint density at radius 2 is 1.85 bits per heavy atom. The second-order valence-electron chi connectivity index (χ2n) is 6.47. The number of anilines is 1. The molecule has 8 nitrogen and oxygen atoms in total. The Hall–Kier alpha value is -2.94. The number of nitrogens with zero attached hydrogens (tertiary/aromatic N) is 4. The van der Waals surface area contributed by atoms with E-state index in [1.165, 1.54) is 6.33 Å². The molecule has 2 aromatic heterocycles. The van der Waals surface area contributed by atoms with E-state index in [0.29, 0.717) is 23.1 Å². The fourth-order valence-electron chi connectivity index (χ4n) is 2.58. The van der Waals surface area contributed by atoms with Crippen molar-refractivity contribution in [1.82, 2.24) is 19.5 Å². The van der Waals surface area contributed by atoms with Gasteiger partial charge in [0.15, 0.2) is 0 Å². The Morgan fingerprint density at radius 3 is 2.48 bits per heavy atom. The van der Waals surface area contributed by atoms with Crippen molar-refractivity contribution < 1.29 is 13.2 Å². The predicted octanol–water partition coefficient (Wildman–Crippen LogP) is 2.98. The van der Waals surface area contributed by atoms with Gasteiger partial charge in [0, 0.05) is 17.4 Å². The first-order chi connectivity index (χ1) is 12.9. The van der Waals surface area contributed by atoms with Gasteiger partial charge in [0.2, 0.25) is 15.9 Å². The molecular weight excluding hydrogens is 366 g/mol. The number of aryl methyl sites for hydroxylation is 1. The largest absolute Gasteiger partial charge is 0.439 e. The predicted molar refractivity (Wildman–Crippen MR) is 101 cm³/mol. The summed E-state index contributed by atoms with van der Waals surface area (Å²) in [6, 6.07) is 8.44. The number of sulfonamides is 1. The third-order valence-corrected chi connectivity index (χ3v) is 6.30. The summed E-state index contributed by atoms with van der Waals surface area (Å²) in [6.45, 7) is 3.90. The molecule has 1 fully saturated rings. The minimum absolute atomic E-state index is 0.261. The summed E-state index contributed by atoms with van der Waals surface area (Å²) < 4.78 is 34.2. The average Bonchev–Trinajstić information content (AvgIpc) is 3.45. The van der Waals surface area contributed by atoms with Crippen LogP contribution in [0.25, 0.3) is 5.82 Å². The van der Waals surface area contributed by atoms with Crippen LogP contribution < -0.4 is 9.46 Å². The highest BCUT2D eigenvalue weighted by Crippen LogP contribution is 2.30. The standard InChI is InChI=1S/C18H19N5O3S/c1-12-13(2)23(11-21-12)17-9-18(20-10-19-17)26-15-5-3-14(4-6-15)22-27(24,25)16-7-8-16/h3-6,9-11,16,22H,7-8H2,1-2H3. The van der Waals surface area contributed by atoms with Gasteiger partial charge in [-0.1, -0.05) is 0 Å². The van der Waals surface area contributed by atoms with Gasteiger partial charge in [-0.05, 0) is 51.0 Å². The lowest BCUT2D eigenvalue weighted by atomic mass is 10.3. The lowest BCUT2D eigenvalue weighted by molar-refractivity contribution is 0.461. The summed E-state index contributed by atoms with van der Waals surface area (Å²) in [7, 11) is -3.27. The first-order valence-electron chi connectivity index (χ1n) is 8.55. The number of hydrogen-bond donors (Lipinski definition) is 1. The quantitative estimate of drug-likeness (QED) is 0.700. The van der Waals surface area contributed by atoms with Crippen LogP contribution >= 0.6 is 0 Å². The monoisotopic (exact) mass is 385 g/mol. The second-order valence-corrected chi connectivity index (χ2v) is 8.43. The van der Waals surface area contributed by atoms with Crippen LogP contribution in [0.2, 0.25) is 0 Å². The smallest absolute Gasteiger partial charge is 0.235 e. The Kier molecular flexibility index (Phi) is 4.31. The number of nitrogens with one attached hydrogen (secondary N) is 1. The van der Waals surface area contributed by atoms with E-state index >= 15 is 0 Å². The van der Waals surface area contributed by atoms with E-state index in [-0.39, 0.29) is 5.25 Å². The lowest BCUT2D eigenvalue weighted by Crippen LogP contribution is -2.17. The molecule has 0 amide bonds. The van der Waals surface area contributed by atoms with Crippen LogP contribution in [0.4, 0.5) is 5.69 Å². The topological polar surface area (TPSA) is 99.0 Å². The SMILES string of the molecule is Cc1ncn(-c2cc(Oc3ccc(NS(=O)(=O)C4CC4)cc3)ncn2)c1C. The van der Waals surface area contributed by atoms with Crippen LogP contribution in [-0.4, -0.2) is 33.2 Å². The number of ether oxygens (including phenoxy) is 1. The Labute approximate surface area is 157 Å². The van der Waals surface area contributed by atoms with Crippen molar-refractivity contribution in [3.05, 3.63) is 54.4 Å². The summed E-state index contributed by atoms with van der Waals surface area (Å²) >= 11 is 0. The Bertz CT molecular complexity index is 1070. The molecule has 9 heteroatoms. The van der Waals surface area contributed by atoms with E-state index in [2.05, 4.69) is 19.7 Å². The molecule has 4 rings (SSSR count). The minimum atomic E-state index is -3.27. The van der Waals surface area contributed by atoms with Gasteiger partial charge in [0.25, 0.3) is 0 Å². The second kappa shape index (κ2) is 6.66. The maximum absolute atomic E-state index is 12.0. The van der Waals surface area contributed by atoms with Gasteiger partial charge in [-0.25, -0.2) is 23.4 Å². The lowest BCUT2D eigenvalue weighted by Gasteiger charge is -2.09. The first-order valence-corrected chi connectivity index (χ1v) is 10.1. The molecule has 0 bridgehead atoms. The summed E-state index contributed by atoms with van der Waals surface area (Å²) in [5.74, 6) is 1.59. The van der Waals surface area contributed by atoms with Gasteiger partial charge in [-0.3, -0.25) is 9.29 Å². The van der Waals surface area contributed by atoms with E-state index < -0.39 is 10.0 Å². The summed E-state index contributed by atoms with van der Waals surface area (Å²) in [6.07, 6.45) is 4.58. The fraction of sp³-hybridized carbons (Fsp3) is 0.278. The van der Waals surface area contributed by atoms with Crippen molar-refractivity contribution in [2.45, 2.75) is 31.9 Å². The third kappa shape index (κ3) is 3.77. The summed E-state index contributed by atoms with van der Waals surface area (Å²) in [5.41, 5.74) is 2.44. The van der Waals surface area contributed by atoms with E-state index in [4.69, 9.17) is 4.74 Å². The minimum Gasteiger partial charge on any atom is -0.439 e. The van der Waals surface area contributed by atoms with Crippen molar-refractivity contribution in [2.75, 3.05) is 4.72 Å². The molecule has 0 radical (unpaired) electrons. The molecule has 3 aromatic rings. The van der Waals surface area contributed by atoms with Crippen molar-refractivity contribution >= 4 is 15.7 Å². The van der Waals surface area contributed by atoms with Gasteiger partial charge in [0.05, 0.1) is 10.9 Å². The summed E-state index contributed by atoms with van der Waals surface area (Å²) in [5, 5.41) is -0.261. The Balaban J connectivity index is 1.49. The molecule has 1 saturated carbocycles. The Morgan fingerprint density at radius 1 is 1.11 bits per heavy atom. The van der Waals surface area contributed by atoms with Crippen LogP contribution in [0.1, 0.15) is 24.2 Å². The third-order valence-electron chi connectivity index (χ3n) is 4.43. The highest BCUT2D eigenvalue weighted by atomic mass is 32.2. The van der Waals surface area contributed by atoms with Gasteiger partial charge in [-0.2, -0.15) is 0 Å². The maximum atomic E-state index is 12.0. The molecule has 0 spiro atoms. The maximum Gasteiger partial charge on any atom is 0.235 e. The molecule has 27 heavy (non-hydrogen) atoms. The zero-order valence-corrected chi connectivity index (χ0v) is 15.8. The number of aromatic nitrogens is 4. The molecule has 1 N–H and O–H groups in total. The molecule has 0 unspecified atom stereocenters.